The fraction of sp³-hybridized carbons (Fsp3) is 0.588. The van der Waals surface area contributed by atoms with Gasteiger partial charge in [0.05, 0.1) is 24.8 Å². The van der Waals surface area contributed by atoms with Crippen LogP contribution in [0.1, 0.15) is 56.6 Å². The molecule has 0 unspecified atom stereocenters. The van der Waals surface area contributed by atoms with E-state index in [9.17, 15) is 0 Å². The Labute approximate surface area is 121 Å². The minimum absolute atomic E-state index is 0.266. The highest BCUT2D eigenvalue weighted by Crippen LogP contribution is 2.31. The van der Waals surface area contributed by atoms with E-state index in [0.717, 1.165) is 12.8 Å². The van der Waals surface area contributed by atoms with Gasteiger partial charge in [-0.3, -0.25) is 0 Å². The first-order chi connectivity index (χ1) is 9.67. The van der Waals surface area contributed by atoms with Gasteiger partial charge in [0.15, 0.2) is 5.79 Å². The van der Waals surface area contributed by atoms with Crippen molar-refractivity contribution in [3.05, 3.63) is 35.4 Å². The normalized spacial score (nSPS) is 26.1. The van der Waals surface area contributed by atoms with Crippen molar-refractivity contribution in [3.8, 4) is 6.07 Å². The summed E-state index contributed by atoms with van der Waals surface area (Å²) in [7, 11) is 0. The average molecular weight is 273 g/mol. The van der Waals surface area contributed by atoms with Crippen LogP contribution in [0, 0.1) is 11.3 Å². The number of rotatable bonds is 5. The molecule has 0 radical (unpaired) electrons. The molecule has 0 amide bonds. The van der Waals surface area contributed by atoms with E-state index >= 15 is 0 Å². The van der Waals surface area contributed by atoms with Crippen LogP contribution in [-0.2, 0) is 9.47 Å². The largest absolute Gasteiger partial charge is 0.350 e. The topological polar surface area (TPSA) is 42.2 Å². The third-order valence-electron chi connectivity index (χ3n) is 3.93. The van der Waals surface area contributed by atoms with Gasteiger partial charge in [-0.15, -0.1) is 0 Å². The zero-order valence-corrected chi connectivity index (χ0v) is 12.4. The lowest BCUT2D eigenvalue weighted by molar-refractivity contribution is -0.266. The molecule has 0 N–H and O–H groups in total. The third kappa shape index (κ3) is 3.82. The molecule has 1 saturated heterocycles. The minimum Gasteiger partial charge on any atom is -0.350 e. The van der Waals surface area contributed by atoms with Crippen molar-refractivity contribution in [2.24, 2.45) is 0 Å². The van der Waals surface area contributed by atoms with Gasteiger partial charge >= 0.3 is 0 Å². The zero-order chi connectivity index (χ0) is 14.4. The maximum Gasteiger partial charge on any atom is 0.165 e. The Bertz CT molecular complexity index is 453. The first kappa shape index (κ1) is 15.0. The molecule has 0 saturated carbocycles. The van der Waals surface area contributed by atoms with Crippen molar-refractivity contribution < 1.29 is 9.47 Å². The van der Waals surface area contributed by atoms with E-state index in [1.165, 1.54) is 18.4 Å². The van der Waals surface area contributed by atoms with E-state index in [0.29, 0.717) is 18.8 Å². The molecule has 3 nitrogen and oxygen atoms in total. The molecule has 0 atom stereocenters. The monoisotopic (exact) mass is 273 g/mol. The second-order valence-electron chi connectivity index (χ2n) is 5.64. The van der Waals surface area contributed by atoms with Gasteiger partial charge in [0.25, 0.3) is 0 Å². The Morgan fingerprint density at radius 1 is 1.20 bits per heavy atom. The first-order valence-electron chi connectivity index (χ1n) is 7.45. The Kier molecular flexibility index (Phi) is 5.17. The fourth-order valence-corrected chi connectivity index (χ4v) is 2.51. The standard InChI is InChI=1S/C17H23NO2/c1-3-4-5-10-17(2)19-12-16(13-20-17)15-8-6-14(11-18)7-9-15/h6-9,16H,3-5,10,12-13H2,1-2H3. The highest BCUT2D eigenvalue weighted by Gasteiger charge is 2.32. The highest BCUT2D eigenvalue weighted by molar-refractivity contribution is 5.33. The molecular formula is C17H23NO2. The van der Waals surface area contributed by atoms with E-state index in [1.54, 1.807) is 0 Å². The van der Waals surface area contributed by atoms with Crippen LogP contribution in [-0.4, -0.2) is 19.0 Å². The fourth-order valence-electron chi connectivity index (χ4n) is 2.51. The summed E-state index contributed by atoms with van der Waals surface area (Å²) in [5.74, 6) is -0.153. The van der Waals surface area contributed by atoms with Crippen LogP contribution in [0.2, 0.25) is 0 Å². The number of nitrogens with zero attached hydrogens (tertiary/aromatic N) is 1. The molecule has 0 spiro atoms. The SMILES string of the molecule is CCCCCC1(C)OCC(c2ccc(C#N)cc2)CO1. The van der Waals surface area contributed by atoms with E-state index < -0.39 is 5.79 Å². The summed E-state index contributed by atoms with van der Waals surface area (Å²) in [5, 5.41) is 8.81. The molecule has 0 aromatic heterocycles. The van der Waals surface area contributed by atoms with Gasteiger partial charge in [0, 0.05) is 12.3 Å². The molecule has 20 heavy (non-hydrogen) atoms. The molecule has 1 fully saturated rings. The molecule has 1 aromatic rings. The first-order valence-corrected chi connectivity index (χ1v) is 7.45. The quantitative estimate of drug-likeness (QED) is 0.762. The smallest absolute Gasteiger partial charge is 0.165 e. The van der Waals surface area contributed by atoms with Crippen molar-refractivity contribution in [2.45, 2.75) is 51.2 Å². The van der Waals surface area contributed by atoms with Crippen LogP contribution >= 0.6 is 0 Å². The van der Waals surface area contributed by atoms with Gasteiger partial charge in [-0.25, -0.2) is 0 Å². The molecule has 2 rings (SSSR count). The Balaban J connectivity index is 1.88. The molecule has 1 aliphatic heterocycles. The van der Waals surface area contributed by atoms with Crippen LogP contribution in [0.15, 0.2) is 24.3 Å². The highest BCUT2D eigenvalue weighted by atomic mass is 16.7. The van der Waals surface area contributed by atoms with E-state index in [4.69, 9.17) is 14.7 Å². The van der Waals surface area contributed by atoms with Crippen LogP contribution in [0.25, 0.3) is 0 Å². The van der Waals surface area contributed by atoms with Crippen LogP contribution in [0.4, 0.5) is 0 Å². The van der Waals surface area contributed by atoms with E-state index in [1.807, 2.05) is 31.2 Å². The van der Waals surface area contributed by atoms with Crippen molar-refractivity contribution >= 4 is 0 Å². The van der Waals surface area contributed by atoms with Crippen LogP contribution in [0.5, 0.6) is 0 Å². The van der Waals surface area contributed by atoms with E-state index in [-0.39, 0.29) is 5.92 Å². The predicted octanol–water partition coefficient (Wildman–Crippen LogP) is 3.99. The molecular weight excluding hydrogens is 250 g/mol. The molecule has 3 heteroatoms. The summed E-state index contributed by atoms with van der Waals surface area (Å²) >= 11 is 0. The summed E-state index contributed by atoms with van der Waals surface area (Å²) in [6, 6.07) is 9.83. The van der Waals surface area contributed by atoms with Gasteiger partial charge in [-0.2, -0.15) is 5.26 Å². The van der Waals surface area contributed by atoms with E-state index in [2.05, 4.69) is 13.0 Å². The molecule has 0 bridgehead atoms. The lowest BCUT2D eigenvalue weighted by Crippen LogP contribution is -2.40. The summed E-state index contributed by atoms with van der Waals surface area (Å²) in [6.45, 7) is 5.62. The molecule has 108 valence electrons. The maximum atomic E-state index is 8.81. The molecule has 1 aliphatic rings. The van der Waals surface area contributed by atoms with Crippen molar-refractivity contribution in [1.82, 2.24) is 0 Å². The van der Waals surface area contributed by atoms with Gasteiger partial charge in [-0.1, -0.05) is 31.9 Å². The Hall–Kier alpha value is -1.37. The maximum absolute atomic E-state index is 8.81. The minimum atomic E-state index is -0.418. The number of ether oxygens (including phenoxy) is 2. The molecule has 0 aliphatic carbocycles. The van der Waals surface area contributed by atoms with Crippen molar-refractivity contribution in [3.63, 3.8) is 0 Å². The molecule has 1 aromatic carbocycles. The summed E-state index contributed by atoms with van der Waals surface area (Å²) in [5.41, 5.74) is 1.87. The number of nitriles is 1. The lowest BCUT2D eigenvalue weighted by Gasteiger charge is -2.38. The molecule has 1 heterocycles. The third-order valence-corrected chi connectivity index (χ3v) is 3.93. The summed E-state index contributed by atoms with van der Waals surface area (Å²) < 4.78 is 11.9. The summed E-state index contributed by atoms with van der Waals surface area (Å²) in [6.07, 6.45) is 4.54. The zero-order valence-electron chi connectivity index (χ0n) is 12.4. The lowest BCUT2D eigenvalue weighted by atomic mass is 9.98. The second kappa shape index (κ2) is 6.88. The Morgan fingerprint density at radius 2 is 1.85 bits per heavy atom. The van der Waals surface area contributed by atoms with Gasteiger partial charge in [0.1, 0.15) is 0 Å². The van der Waals surface area contributed by atoms with Crippen LogP contribution < -0.4 is 0 Å². The predicted molar refractivity (Wildman–Crippen MR) is 78.3 cm³/mol. The summed E-state index contributed by atoms with van der Waals surface area (Å²) in [4.78, 5) is 0. The van der Waals surface area contributed by atoms with Gasteiger partial charge < -0.3 is 9.47 Å². The van der Waals surface area contributed by atoms with Crippen LogP contribution in [0.3, 0.4) is 0 Å². The van der Waals surface area contributed by atoms with Crippen molar-refractivity contribution in [2.75, 3.05) is 13.2 Å². The number of hydrogen-bond acceptors (Lipinski definition) is 3. The second-order valence-corrected chi connectivity index (χ2v) is 5.64. The number of unbranched alkanes of at least 4 members (excludes halogenated alkanes) is 2. The number of hydrogen-bond donors (Lipinski definition) is 0. The van der Waals surface area contributed by atoms with Gasteiger partial charge in [-0.05, 0) is 31.0 Å². The average Bonchev–Trinajstić information content (AvgIpc) is 2.48. The number of benzene rings is 1. The Morgan fingerprint density at radius 3 is 2.40 bits per heavy atom. The van der Waals surface area contributed by atoms with Crippen molar-refractivity contribution in [1.29, 1.82) is 5.26 Å². The van der Waals surface area contributed by atoms with Gasteiger partial charge in [0.2, 0.25) is 0 Å².